The summed E-state index contributed by atoms with van der Waals surface area (Å²) < 4.78 is 5.25. The van der Waals surface area contributed by atoms with Crippen molar-refractivity contribution < 1.29 is 14.3 Å². The zero-order valence-electron chi connectivity index (χ0n) is 10.0. The van der Waals surface area contributed by atoms with Crippen LogP contribution in [0, 0.1) is 0 Å². The molecule has 0 saturated heterocycles. The zero-order valence-corrected chi connectivity index (χ0v) is 11.5. The average molecular weight is 301 g/mol. The fraction of sp³-hybridized carbons (Fsp3) is 0.250. The van der Waals surface area contributed by atoms with Crippen molar-refractivity contribution in [1.29, 1.82) is 0 Å². The number of benzene rings is 1. The summed E-state index contributed by atoms with van der Waals surface area (Å²) in [4.78, 5) is 23.2. The minimum atomic E-state index is -0.534. The highest BCUT2D eigenvalue weighted by Crippen LogP contribution is 2.27. The fourth-order valence-electron chi connectivity index (χ4n) is 1.54. The number of halogens is 2. The van der Waals surface area contributed by atoms with E-state index < -0.39 is 5.91 Å². The molecular weight excluding hydrogens is 291 g/mol. The Labute approximate surface area is 119 Å². The van der Waals surface area contributed by atoms with Gasteiger partial charge in [-0.05, 0) is 25.1 Å². The molecule has 1 aliphatic rings. The van der Waals surface area contributed by atoms with Crippen molar-refractivity contribution in [2.45, 2.75) is 13.3 Å². The lowest BCUT2D eigenvalue weighted by Gasteiger charge is -2.11. The molecule has 100 valence electrons. The molecule has 1 aliphatic heterocycles. The standard InChI is InChI=1S/C12H10Cl2N2O3/c1-7-4-11(17)16(15-7)12(18)6-19-10-3-2-8(13)5-9(10)14/h2-3,5H,4,6H2,1H3. The van der Waals surface area contributed by atoms with Gasteiger partial charge in [0.15, 0.2) is 6.61 Å². The highest BCUT2D eigenvalue weighted by molar-refractivity contribution is 6.35. The number of rotatable bonds is 3. The molecule has 1 heterocycles. The SMILES string of the molecule is CC1=NN(C(=O)COc2ccc(Cl)cc2Cl)C(=O)C1. The van der Waals surface area contributed by atoms with Crippen LogP contribution in [0.4, 0.5) is 0 Å². The summed E-state index contributed by atoms with van der Waals surface area (Å²) in [6.07, 6.45) is 0.160. The fourth-order valence-corrected chi connectivity index (χ4v) is 2.01. The van der Waals surface area contributed by atoms with Crippen molar-refractivity contribution >= 4 is 40.7 Å². The summed E-state index contributed by atoms with van der Waals surface area (Å²) in [5, 5.41) is 5.42. The largest absolute Gasteiger partial charge is 0.482 e. The van der Waals surface area contributed by atoms with Crippen LogP contribution in [0.2, 0.25) is 10.0 Å². The minimum Gasteiger partial charge on any atom is -0.482 e. The summed E-state index contributed by atoms with van der Waals surface area (Å²) in [6, 6.07) is 4.65. The van der Waals surface area contributed by atoms with Crippen LogP contribution in [0.1, 0.15) is 13.3 Å². The van der Waals surface area contributed by atoms with Gasteiger partial charge in [-0.15, -0.1) is 0 Å². The second kappa shape index (κ2) is 5.59. The van der Waals surface area contributed by atoms with E-state index in [9.17, 15) is 9.59 Å². The quantitative estimate of drug-likeness (QED) is 0.862. The van der Waals surface area contributed by atoms with E-state index >= 15 is 0 Å². The van der Waals surface area contributed by atoms with Crippen molar-refractivity contribution in [3.8, 4) is 5.75 Å². The number of ether oxygens (including phenoxy) is 1. The Balaban J connectivity index is 1.99. The lowest BCUT2D eigenvalue weighted by atomic mass is 10.3. The first kappa shape index (κ1) is 13.8. The Morgan fingerprint density at radius 2 is 2.21 bits per heavy atom. The maximum absolute atomic E-state index is 11.8. The molecule has 0 atom stereocenters. The van der Waals surface area contributed by atoms with Gasteiger partial charge in [-0.25, -0.2) is 0 Å². The van der Waals surface area contributed by atoms with Crippen LogP contribution < -0.4 is 4.74 Å². The normalized spacial score (nSPS) is 14.6. The first-order valence-corrected chi connectivity index (χ1v) is 6.20. The highest BCUT2D eigenvalue weighted by Gasteiger charge is 2.27. The summed E-state index contributed by atoms with van der Waals surface area (Å²) in [5.74, 6) is -0.562. The van der Waals surface area contributed by atoms with Gasteiger partial charge in [-0.2, -0.15) is 10.1 Å². The van der Waals surface area contributed by atoms with Crippen LogP contribution >= 0.6 is 23.2 Å². The molecule has 0 fully saturated rings. The molecule has 2 rings (SSSR count). The first-order valence-electron chi connectivity index (χ1n) is 5.45. The number of carbonyl (C=O) groups is 2. The summed E-state index contributed by atoms with van der Waals surface area (Å²) in [7, 11) is 0. The van der Waals surface area contributed by atoms with E-state index in [4.69, 9.17) is 27.9 Å². The predicted octanol–water partition coefficient (Wildman–Crippen LogP) is 2.51. The molecule has 0 radical (unpaired) electrons. The molecule has 0 bridgehead atoms. The van der Waals surface area contributed by atoms with Crippen molar-refractivity contribution in [2.24, 2.45) is 5.10 Å². The third-order valence-electron chi connectivity index (χ3n) is 2.40. The van der Waals surface area contributed by atoms with Crippen LogP contribution in [-0.2, 0) is 9.59 Å². The molecule has 0 aliphatic carbocycles. The number of hydrazone groups is 1. The minimum absolute atomic E-state index is 0.160. The smallest absolute Gasteiger partial charge is 0.287 e. The number of hydrogen-bond donors (Lipinski definition) is 0. The Morgan fingerprint density at radius 1 is 1.47 bits per heavy atom. The Kier molecular flexibility index (Phi) is 4.07. The van der Waals surface area contributed by atoms with Gasteiger partial charge in [-0.3, -0.25) is 9.59 Å². The van der Waals surface area contributed by atoms with Gasteiger partial charge >= 0.3 is 0 Å². The second-order valence-electron chi connectivity index (χ2n) is 3.97. The molecule has 0 unspecified atom stereocenters. The average Bonchev–Trinajstić information content (AvgIpc) is 2.67. The van der Waals surface area contributed by atoms with E-state index in [1.807, 2.05) is 0 Å². The second-order valence-corrected chi connectivity index (χ2v) is 4.82. The van der Waals surface area contributed by atoms with E-state index in [-0.39, 0.29) is 18.9 Å². The van der Waals surface area contributed by atoms with Gasteiger partial charge < -0.3 is 4.74 Å². The maximum Gasteiger partial charge on any atom is 0.287 e. The Hall–Kier alpha value is -1.59. The molecule has 19 heavy (non-hydrogen) atoms. The van der Waals surface area contributed by atoms with Gasteiger partial charge in [0, 0.05) is 10.7 Å². The number of hydrogen-bond acceptors (Lipinski definition) is 4. The molecule has 0 saturated carbocycles. The monoisotopic (exact) mass is 300 g/mol. The molecule has 0 N–H and O–H groups in total. The molecule has 7 heteroatoms. The van der Waals surface area contributed by atoms with Gasteiger partial charge in [0.05, 0.1) is 11.4 Å². The van der Waals surface area contributed by atoms with E-state index in [1.165, 1.54) is 6.07 Å². The Bertz CT molecular complexity index is 572. The number of imide groups is 1. The van der Waals surface area contributed by atoms with E-state index in [0.717, 1.165) is 5.01 Å². The summed E-state index contributed by atoms with van der Waals surface area (Å²) in [6.45, 7) is 1.37. The molecule has 1 aromatic rings. The third kappa shape index (κ3) is 3.24. The molecule has 5 nitrogen and oxygen atoms in total. The number of nitrogens with zero attached hydrogens (tertiary/aromatic N) is 2. The van der Waals surface area contributed by atoms with E-state index in [1.54, 1.807) is 19.1 Å². The maximum atomic E-state index is 11.8. The van der Waals surface area contributed by atoms with Crippen molar-refractivity contribution in [2.75, 3.05) is 6.61 Å². The molecule has 0 aromatic heterocycles. The van der Waals surface area contributed by atoms with Gasteiger partial charge in [0.1, 0.15) is 5.75 Å². The third-order valence-corrected chi connectivity index (χ3v) is 2.93. The highest BCUT2D eigenvalue weighted by atomic mass is 35.5. The summed E-state index contributed by atoms with van der Waals surface area (Å²) in [5.41, 5.74) is 0.600. The van der Waals surface area contributed by atoms with Gasteiger partial charge in [0.2, 0.25) is 0 Å². The zero-order chi connectivity index (χ0) is 14.0. The first-order chi connectivity index (χ1) is 8.97. The predicted molar refractivity (Wildman–Crippen MR) is 71.5 cm³/mol. The van der Waals surface area contributed by atoms with E-state index in [2.05, 4.69) is 5.10 Å². The van der Waals surface area contributed by atoms with E-state index in [0.29, 0.717) is 21.5 Å². The van der Waals surface area contributed by atoms with Crippen molar-refractivity contribution in [3.05, 3.63) is 28.2 Å². The molecular formula is C12H10Cl2N2O3. The van der Waals surface area contributed by atoms with Gasteiger partial charge in [-0.1, -0.05) is 23.2 Å². The van der Waals surface area contributed by atoms with Crippen LogP contribution in [0.15, 0.2) is 23.3 Å². The number of carbonyl (C=O) groups excluding carboxylic acids is 2. The lowest BCUT2D eigenvalue weighted by Crippen LogP contribution is -2.32. The molecule has 1 aromatic carbocycles. The van der Waals surface area contributed by atoms with Crippen molar-refractivity contribution in [3.63, 3.8) is 0 Å². The van der Waals surface area contributed by atoms with Crippen LogP contribution in [0.25, 0.3) is 0 Å². The number of amides is 2. The molecule has 0 spiro atoms. The van der Waals surface area contributed by atoms with Crippen LogP contribution in [0.5, 0.6) is 5.75 Å². The topological polar surface area (TPSA) is 59.0 Å². The van der Waals surface area contributed by atoms with Crippen LogP contribution in [0.3, 0.4) is 0 Å². The Morgan fingerprint density at radius 3 is 2.79 bits per heavy atom. The van der Waals surface area contributed by atoms with Crippen molar-refractivity contribution in [1.82, 2.24) is 5.01 Å². The summed E-state index contributed by atoms with van der Waals surface area (Å²) >= 11 is 11.6. The molecule has 2 amide bonds. The lowest BCUT2D eigenvalue weighted by molar-refractivity contribution is -0.144. The van der Waals surface area contributed by atoms with Crippen LogP contribution in [-0.4, -0.2) is 29.1 Å². The van der Waals surface area contributed by atoms with Gasteiger partial charge in [0.25, 0.3) is 11.8 Å².